The second-order valence-electron chi connectivity index (χ2n) is 7.22. The molecular weight excluding hydrogens is 408 g/mol. The Bertz CT molecular complexity index is 744. The van der Waals surface area contributed by atoms with Crippen LogP contribution in [-0.2, 0) is 4.79 Å². The molecule has 1 unspecified atom stereocenters. The molecule has 0 radical (unpaired) electrons. The molecule has 1 aromatic carbocycles. The molecule has 2 aliphatic rings. The summed E-state index contributed by atoms with van der Waals surface area (Å²) in [6.07, 6.45) is 7.79. The third kappa shape index (κ3) is 4.81. The maximum Gasteiger partial charge on any atom is 0.226 e. The van der Waals surface area contributed by atoms with Gasteiger partial charge in [0.15, 0.2) is 0 Å². The molecule has 1 amide bonds. The molecule has 152 valence electrons. The van der Waals surface area contributed by atoms with Gasteiger partial charge in [-0.1, -0.05) is 43.3 Å². The number of hydrogen-bond donors (Lipinski definition) is 0. The molecule has 3 nitrogen and oxygen atoms in total. The second kappa shape index (κ2) is 10.2. The third-order valence-corrected chi connectivity index (χ3v) is 8.19. The lowest BCUT2D eigenvalue weighted by molar-refractivity contribution is -0.138. The van der Waals surface area contributed by atoms with Crippen molar-refractivity contribution in [2.45, 2.75) is 43.5 Å². The van der Waals surface area contributed by atoms with Crippen LogP contribution in [0.2, 0.25) is 5.02 Å². The van der Waals surface area contributed by atoms with E-state index >= 15 is 0 Å². The minimum atomic E-state index is 0.124. The predicted molar refractivity (Wildman–Crippen MR) is 123 cm³/mol. The average Bonchev–Trinajstić information content (AvgIpc) is 2.74. The molecule has 0 aromatic heterocycles. The standard InChI is InChI=1S/C22H29ClN2OS2/c1-4-17-19(5-2)25(15-12-20(17)27-3)22(26)16-10-13-24(14-11-16)28-21-9-7-6-8-18(21)23/h4,6-9,16,19H,1,5,10-15H2,2-3H3. The molecule has 0 aliphatic carbocycles. The summed E-state index contributed by atoms with van der Waals surface area (Å²) < 4.78 is 2.33. The maximum absolute atomic E-state index is 13.3. The monoisotopic (exact) mass is 436 g/mol. The quantitative estimate of drug-likeness (QED) is 0.520. The van der Waals surface area contributed by atoms with Crippen LogP contribution >= 0.6 is 35.3 Å². The number of carbonyl (C=O) groups is 1. The van der Waals surface area contributed by atoms with Crippen LogP contribution in [0.5, 0.6) is 0 Å². The Hall–Kier alpha value is -0.880. The van der Waals surface area contributed by atoms with E-state index in [9.17, 15) is 4.79 Å². The van der Waals surface area contributed by atoms with Gasteiger partial charge in [-0.3, -0.25) is 4.79 Å². The van der Waals surface area contributed by atoms with Crippen molar-refractivity contribution in [2.75, 3.05) is 25.9 Å². The Labute approximate surface area is 182 Å². The van der Waals surface area contributed by atoms with E-state index in [0.29, 0.717) is 5.91 Å². The molecule has 1 aromatic rings. The summed E-state index contributed by atoms with van der Waals surface area (Å²) in [4.78, 5) is 17.9. The molecule has 0 bridgehead atoms. The molecule has 0 saturated carbocycles. The Morgan fingerprint density at radius 2 is 2.00 bits per heavy atom. The molecule has 0 spiro atoms. The van der Waals surface area contributed by atoms with E-state index in [1.54, 1.807) is 23.7 Å². The maximum atomic E-state index is 13.3. The number of rotatable bonds is 6. The number of carbonyl (C=O) groups excluding carboxylic acids is 1. The van der Waals surface area contributed by atoms with E-state index in [-0.39, 0.29) is 12.0 Å². The Kier molecular flexibility index (Phi) is 7.98. The van der Waals surface area contributed by atoms with E-state index < -0.39 is 0 Å². The van der Waals surface area contributed by atoms with Gasteiger partial charge in [0.2, 0.25) is 5.91 Å². The minimum absolute atomic E-state index is 0.124. The van der Waals surface area contributed by atoms with Gasteiger partial charge in [-0.15, -0.1) is 11.8 Å². The van der Waals surface area contributed by atoms with Crippen LogP contribution < -0.4 is 0 Å². The van der Waals surface area contributed by atoms with Crippen molar-refractivity contribution >= 4 is 41.2 Å². The molecule has 0 N–H and O–H groups in total. The van der Waals surface area contributed by atoms with E-state index in [4.69, 9.17) is 11.6 Å². The molecular formula is C22H29ClN2OS2. The third-order valence-electron chi connectivity index (χ3n) is 5.64. The van der Waals surface area contributed by atoms with Gasteiger partial charge in [-0.2, -0.15) is 0 Å². The second-order valence-corrected chi connectivity index (χ2v) is 9.66. The first-order valence-corrected chi connectivity index (χ1v) is 12.3. The highest BCUT2D eigenvalue weighted by Crippen LogP contribution is 2.36. The van der Waals surface area contributed by atoms with E-state index in [1.807, 2.05) is 24.3 Å². The molecule has 1 saturated heterocycles. The number of piperidine rings is 1. The lowest BCUT2D eigenvalue weighted by Gasteiger charge is -2.40. The van der Waals surface area contributed by atoms with Crippen LogP contribution in [0.15, 0.2) is 52.3 Å². The van der Waals surface area contributed by atoms with E-state index in [1.165, 1.54) is 10.5 Å². The van der Waals surface area contributed by atoms with Crippen molar-refractivity contribution in [1.29, 1.82) is 0 Å². The first kappa shape index (κ1) is 21.8. The fourth-order valence-corrected chi connectivity index (χ4v) is 6.09. The van der Waals surface area contributed by atoms with Gasteiger partial charge in [-0.05, 0) is 66.5 Å². The van der Waals surface area contributed by atoms with Crippen LogP contribution in [0.3, 0.4) is 0 Å². The van der Waals surface area contributed by atoms with Gasteiger partial charge in [-0.25, -0.2) is 4.31 Å². The van der Waals surface area contributed by atoms with Crippen molar-refractivity contribution < 1.29 is 4.79 Å². The molecule has 2 heterocycles. The van der Waals surface area contributed by atoms with Crippen LogP contribution in [0.1, 0.15) is 32.6 Å². The number of thioether (sulfide) groups is 1. The van der Waals surface area contributed by atoms with Crippen LogP contribution in [-0.4, -0.2) is 47.0 Å². The lowest BCUT2D eigenvalue weighted by atomic mass is 9.91. The summed E-state index contributed by atoms with van der Waals surface area (Å²) in [6.45, 7) is 8.84. The van der Waals surface area contributed by atoms with Crippen molar-refractivity contribution in [2.24, 2.45) is 5.92 Å². The summed E-state index contributed by atoms with van der Waals surface area (Å²) in [6, 6.07) is 8.12. The highest BCUT2D eigenvalue weighted by molar-refractivity contribution is 8.02. The Morgan fingerprint density at radius 3 is 2.61 bits per heavy atom. The number of nitrogens with zero attached hydrogens (tertiary/aromatic N) is 2. The molecule has 28 heavy (non-hydrogen) atoms. The fraction of sp³-hybridized carbons (Fsp3) is 0.500. The molecule has 1 fully saturated rings. The van der Waals surface area contributed by atoms with Gasteiger partial charge in [0.05, 0.1) is 11.1 Å². The van der Waals surface area contributed by atoms with Crippen molar-refractivity contribution in [3.63, 3.8) is 0 Å². The Morgan fingerprint density at radius 1 is 1.29 bits per heavy atom. The highest BCUT2D eigenvalue weighted by Gasteiger charge is 2.35. The minimum Gasteiger partial charge on any atom is -0.335 e. The zero-order chi connectivity index (χ0) is 20.1. The molecule has 1 atom stereocenters. The number of amides is 1. The van der Waals surface area contributed by atoms with E-state index in [0.717, 1.165) is 55.2 Å². The van der Waals surface area contributed by atoms with Crippen molar-refractivity contribution in [3.05, 3.63) is 52.4 Å². The number of benzene rings is 1. The largest absolute Gasteiger partial charge is 0.335 e. The molecule has 6 heteroatoms. The fourth-order valence-electron chi connectivity index (χ4n) is 4.14. The highest BCUT2D eigenvalue weighted by atomic mass is 35.5. The van der Waals surface area contributed by atoms with Crippen molar-refractivity contribution in [3.8, 4) is 0 Å². The summed E-state index contributed by atoms with van der Waals surface area (Å²) in [5.41, 5.74) is 1.25. The van der Waals surface area contributed by atoms with Gasteiger partial charge < -0.3 is 4.90 Å². The first-order valence-electron chi connectivity index (χ1n) is 9.96. The average molecular weight is 437 g/mol. The van der Waals surface area contributed by atoms with Crippen LogP contribution in [0.4, 0.5) is 0 Å². The topological polar surface area (TPSA) is 23.6 Å². The summed E-state index contributed by atoms with van der Waals surface area (Å²) in [5, 5.41) is 0.790. The summed E-state index contributed by atoms with van der Waals surface area (Å²) in [5.74, 6) is 0.452. The lowest BCUT2D eigenvalue weighted by Crippen LogP contribution is -2.48. The smallest absolute Gasteiger partial charge is 0.226 e. The summed E-state index contributed by atoms with van der Waals surface area (Å²) in [7, 11) is 0. The predicted octanol–water partition coefficient (Wildman–Crippen LogP) is 5.87. The number of hydrogen-bond acceptors (Lipinski definition) is 4. The van der Waals surface area contributed by atoms with Gasteiger partial charge in [0, 0.05) is 30.4 Å². The SMILES string of the molecule is C=CC1=C(SC)CCN(C(=O)C2CCN(Sc3ccccc3Cl)CC2)C1CC. The zero-order valence-corrected chi connectivity index (χ0v) is 19.1. The number of halogens is 1. The van der Waals surface area contributed by atoms with Crippen molar-refractivity contribution in [1.82, 2.24) is 9.21 Å². The van der Waals surface area contributed by atoms with Gasteiger partial charge >= 0.3 is 0 Å². The van der Waals surface area contributed by atoms with Gasteiger partial charge in [0.1, 0.15) is 0 Å². The molecule has 2 aliphatic heterocycles. The van der Waals surface area contributed by atoms with E-state index in [2.05, 4.69) is 35.0 Å². The van der Waals surface area contributed by atoms with Crippen LogP contribution in [0.25, 0.3) is 0 Å². The van der Waals surface area contributed by atoms with Crippen LogP contribution in [0, 0.1) is 5.92 Å². The van der Waals surface area contributed by atoms with Gasteiger partial charge in [0.25, 0.3) is 0 Å². The normalized spacial score (nSPS) is 21.8. The Balaban J connectivity index is 1.61. The zero-order valence-electron chi connectivity index (χ0n) is 16.7. The first-order chi connectivity index (χ1) is 13.6. The summed E-state index contributed by atoms with van der Waals surface area (Å²) >= 11 is 9.79. The molecule has 3 rings (SSSR count).